The Balaban J connectivity index is 1.89. The van der Waals surface area contributed by atoms with Crippen molar-refractivity contribution in [2.24, 2.45) is 11.3 Å². The number of esters is 1. The molecule has 4 rings (SSSR count). The molecule has 1 N–H and O–H groups in total. The maximum absolute atomic E-state index is 13.8. The van der Waals surface area contributed by atoms with Crippen molar-refractivity contribution >= 4 is 17.7 Å². The molecule has 2 aromatic carbocycles. The molecule has 3 unspecified atom stereocenters. The fraction of sp³-hybridized carbons (Fsp3) is 0.483. The van der Waals surface area contributed by atoms with Gasteiger partial charge in [-0.3, -0.25) is 9.59 Å². The maximum atomic E-state index is 13.8. The van der Waals surface area contributed by atoms with Gasteiger partial charge in [0.05, 0.1) is 18.1 Å². The van der Waals surface area contributed by atoms with E-state index in [9.17, 15) is 19.5 Å². The minimum Gasteiger partial charge on any atom is -0.478 e. The van der Waals surface area contributed by atoms with Crippen LogP contribution in [0.15, 0.2) is 36.4 Å². The average Bonchev–Trinajstić information content (AvgIpc) is 2.82. The highest BCUT2D eigenvalue weighted by molar-refractivity contribution is 6.15. The van der Waals surface area contributed by atoms with Crippen LogP contribution in [0.3, 0.4) is 0 Å². The van der Waals surface area contributed by atoms with Crippen LogP contribution in [0.2, 0.25) is 0 Å². The van der Waals surface area contributed by atoms with Crippen molar-refractivity contribution in [1.29, 1.82) is 0 Å². The van der Waals surface area contributed by atoms with E-state index >= 15 is 0 Å². The number of hydrogen-bond donors (Lipinski definition) is 1. The SMILES string of the molecule is COC(=O)C1(C)CCCC2(C)c3cc(C(=O)c4ccccc4C(=O)O)c(C(C)C)cc3CCC12. The van der Waals surface area contributed by atoms with E-state index in [2.05, 4.69) is 26.8 Å². The molecule has 3 atom stereocenters. The Labute approximate surface area is 201 Å². The highest BCUT2D eigenvalue weighted by Crippen LogP contribution is 2.58. The smallest absolute Gasteiger partial charge is 0.336 e. The topological polar surface area (TPSA) is 80.7 Å². The third-order valence-electron chi connectivity index (χ3n) is 8.44. The van der Waals surface area contributed by atoms with E-state index in [0.717, 1.165) is 43.2 Å². The number of methoxy groups -OCH3 is 1. The first-order valence-electron chi connectivity index (χ1n) is 12.2. The van der Waals surface area contributed by atoms with Crippen LogP contribution in [0, 0.1) is 11.3 Å². The summed E-state index contributed by atoms with van der Waals surface area (Å²) >= 11 is 0. The van der Waals surface area contributed by atoms with Gasteiger partial charge >= 0.3 is 11.9 Å². The molecule has 0 amide bonds. The third kappa shape index (κ3) is 3.66. The fourth-order valence-electron chi connectivity index (χ4n) is 6.70. The first-order chi connectivity index (χ1) is 16.0. The van der Waals surface area contributed by atoms with Gasteiger partial charge in [-0.1, -0.05) is 51.5 Å². The van der Waals surface area contributed by atoms with Crippen LogP contribution in [0.4, 0.5) is 0 Å². The van der Waals surface area contributed by atoms with Gasteiger partial charge in [-0.25, -0.2) is 4.79 Å². The van der Waals surface area contributed by atoms with Crippen molar-refractivity contribution in [3.63, 3.8) is 0 Å². The number of benzene rings is 2. The van der Waals surface area contributed by atoms with E-state index in [4.69, 9.17) is 4.74 Å². The lowest BCUT2D eigenvalue weighted by Crippen LogP contribution is -2.52. The van der Waals surface area contributed by atoms with E-state index in [1.54, 1.807) is 18.2 Å². The van der Waals surface area contributed by atoms with Crippen LogP contribution in [-0.4, -0.2) is 29.9 Å². The van der Waals surface area contributed by atoms with Crippen LogP contribution in [-0.2, 0) is 21.4 Å². The minimum absolute atomic E-state index is 0.0138. The largest absolute Gasteiger partial charge is 0.478 e. The molecule has 0 aromatic heterocycles. The summed E-state index contributed by atoms with van der Waals surface area (Å²) in [6.07, 6.45) is 4.41. The van der Waals surface area contributed by atoms with E-state index < -0.39 is 11.4 Å². The standard InChI is InChI=1S/C29H34O5/c1-17(2)21-15-18-11-12-24-28(3,13-8-14-29(24,4)27(33)34-5)23(18)16-22(21)25(30)19-9-6-7-10-20(19)26(31)32/h6-7,9-10,15-17,24H,8,11-14H2,1-5H3,(H,31,32). The number of carbonyl (C=O) groups excluding carboxylic acids is 2. The number of hydrogen-bond acceptors (Lipinski definition) is 4. The molecule has 1 saturated carbocycles. The highest BCUT2D eigenvalue weighted by atomic mass is 16.5. The molecule has 0 bridgehead atoms. The molecule has 0 aliphatic heterocycles. The number of fused-ring (bicyclic) bond motifs is 3. The summed E-state index contributed by atoms with van der Waals surface area (Å²) < 4.78 is 5.23. The number of aryl methyl sites for hydroxylation is 1. The van der Waals surface area contributed by atoms with E-state index in [0.29, 0.717) is 5.56 Å². The zero-order valence-corrected chi connectivity index (χ0v) is 20.7. The molecule has 0 heterocycles. The van der Waals surface area contributed by atoms with Crippen molar-refractivity contribution in [2.45, 2.75) is 71.1 Å². The van der Waals surface area contributed by atoms with Crippen LogP contribution < -0.4 is 0 Å². The molecule has 2 aliphatic carbocycles. The predicted molar refractivity (Wildman–Crippen MR) is 131 cm³/mol. The van der Waals surface area contributed by atoms with Gasteiger partial charge in [0.2, 0.25) is 0 Å². The van der Waals surface area contributed by atoms with Crippen molar-refractivity contribution < 1.29 is 24.2 Å². The van der Waals surface area contributed by atoms with Gasteiger partial charge in [-0.05, 0) is 78.7 Å². The number of carboxylic acids is 1. The Hall–Kier alpha value is -2.95. The lowest BCUT2D eigenvalue weighted by Gasteiger charge is -2.54. The number of carbonyl (C=O) groups is 3. The number of ether oxygens (including phenoxy) is 1. The summed E-state index contributed by atoms with van der Waals surface area (Å²) in [6.45, 7) is 8.38. The first-order valence-corrected chi connectivity index (χ1v) is 12.2. The zero-order chi connectivity index (χ0) is 24.8. The van der Waals surface area contributed by atoms with Gasteiger partial charge in [0, 0.05) is 11.1 Å². The number of rotatable bonds is 5. The molecular weight excluding hydrogens is 428 g/mol. The molecule has 2 aliphatic rings. The Morgan fingerprint density at radius 3 is 2.32 bits per heavy atom. The highest BCUT2D eigenvalue weighted by Gasteiger charge is 2.55. The summed E-state index contributed by atoms with van der Waals surface area (Å²) in [5.74, 6) is -1.30. The van der Waals surface area contributed by atoms with Gasteiger partial charge in [-0.2, -0.15) is 0 Å². The molecule has 0 radical (unpaired) electrons. The van der Waals surface area contributed by atoms with Gasteiger partial charge in [0.1, 0.15) is 0 Å². The second-order valence-corrected chi connectivity index (χ2v) is 10.7. The molecular formula is C29H34O5. The number of ketones is 1. The predicted octanol–water partition coefficient (Wildman–Crippen LogP) is 5.92. The van der Waals surface area contributed by atoms with Gasteiger partial charge in [0.15, 0.2) is 5.78 Å². The first kappa shape index (κ1) is 24.2. The molecule has 34 heavy (non-hydrogen) atoms. The van der Waals surface area contributed by atoms with Gasteiger partial charge in [0.25, 0.3) is 0 Å². The zero-order valence-electron chi connectivity index (χ0n) is 20.7. The molecule has 5 heteroatoms. The molecule has 5 nitrogen and oxygen atoms in total. The fourth-order valence-corrected chi connectivity index (χ4v) is 6.70. The molecule has 1 fully saturated rings. The lowest BCUT2D eigenvalue weighted by atomic mass is 9.49. The summed E-state index contributed by atoms with van der Waals surface area (Å²) in [5.41, 5.74) is 3.27. The normalized spacial score (nSPS) is 25.9. The van der Waals surface area contributed by atoms with Crippen molar-refractivity contribution in [1.82, 2.24) is 0 Å². The maximum Gasteiger partial charge on any atom is 0.336 e. The second kappa shape index (κ2) is 8.68. The summed E-state index contributed by atoms with van der Waals surface area (Å²) in [4.78, 5) is 38.5. The van der Waals surface area contributed by atoms with Crippen molar-refractivity contribution in [2.75, 3.05) is 7.11 Å². The lowest BCUT2D eigenvalue weighted by molar-refractivity contribution is -0.161. The molecule has 0 spiro atoms. The Morgan fingerprint density at radius 1 is 1.03 bits per heavy atom. The van der Waals surface area contributed by atoms with Crippen LogP contribution >= 0.6 is 0 Å². The van der Waals surface area contributed by atoms with Gasteiger partial charge < -0.3 is 9.84 Å². The summed E-state index contributed by atoms with van der Waals surface area (Å²) in [6, 6.07) is 10.6. The Kier molecular flexibility index (Phi) is 6.17. The molecule has 180 valence electrons. The van der Waals surface area contributed by atoms with Crippen LogP contribution in [0.1, 0.15) is 102 Å². The van der Waals surface area contributed by atoms with Gasteiger partial charge in [-0.15, -0.1) is 0 Å². The molecule has 2 aromatic rings. The Bertz CT molecular complexity index is 1160. The van der Waals surface area contributed by atoms with Crippen molar-refractivity contribution in [3.8, 4) is 0 Å². The minimum atomic E-state index is -1.11. The third-order valence-corrected chi connectivity index (χ3v) is 8.44. The van der Waals surface area contributed by atoms with E-state index in [1.807, 2.05) is 13.0 Å². The number of aromatic carboxylic acids is 1. The van der Waals surface area contributed by atoms with E-state index in [1.165, 1.54) is 18.7 Å². The average molecular weight is 463 g/mol. The number of carboxylic acid groups (broad SMARTS) is 1. The molecule has 0 saturated heterocycles. The van der Waals surface area contributed by atoms with E-state index in [-0.39, 0.29) is 40.1 Å². The second-order valence-electron chi connectivity index (χ2n) is 10.7. The van der Waals surface area contributed by atoms with Crippen LogP contribution in [0.5, 0.6) is 0 Å². The summed E-state index contributed by atoms with van der Waals surface area (Å²) in [5, 5.41) is 9.66. The quantitative estimate of drug-likeness (QED) is 0.440. The summed E-state index contributed by atoms with van der Waals surface area (Å²) in [7, 11) is 1.46. The monoisotopic (exact) mass is 462 g/mol. The van der Waals surface area contributed by atoms with Crippen LogP contribution in [0.25, 0.3) is 0 Å². The van der Waals surface area contributed by atoms with Crippen molar-refractivity contribution in [3.05, 3.63) is 69.8 Å². The Morgan fingerprint density at radius 2 is 1.71 bits per heavy atom.